The Kier molecular flexibility index (Phi) is 2.80. The van der Waals surface area contributed by atoms with Gasteiger partial charge in [-0.3, -0.25) is 4.79 Å². The van der Waals surface area contributed by atoms with Gasteiger partial charge in [-0.2, -0.15) is 0 Å². The van der Waals surface area contributed by atoms with Gasteiger partial charge >= 0.3 is 5.97 Å². The molecule has 19 heavy (non-hydrogen) atoms. The van der Waals surface area contributed by atoms with Gasteiger partial charge in [-0.15, -0.1) is 0 Å². The van der Waals surface area contributed by atoms with Crippen LogP contribution in [0, 0.1) is 12.8 Å². The van der Waals surface area contributed by atoms with Crippen molar-refractivity contribution < 1.29 is 14.3 Å². The van der Waals surface area contributed by atoms with Crippen molar-refractivity contribution in [1.29, 1.82) is 0 Å². The minimum absolute atomic E-state index is 0.0219. The number of hydrogen-bond donors (Lipinski definition) is 0. The molecule has 102 valence electrons. The van der Waals surface area contributed by atoms with Gasteiger partial charge in [0, 0.05) is 11.8 Å². The van der Waals surface area contributed by atoms with Gasteiger partial charge in [0.25, 0.3) is 0 Å². The average molecular weight is 260 g/mol. The number of carbonyl (C=O) groups excluding carboxylic acids is 1. The van der Waals surface area contributed by atoms with Gasteiger partial charge < -0.3 is 9.47 Å². The molecule has 1 aromatic rings. The highest BCUT2D eigenvalue weighted by Gasteiger charge is 2.44. The Labute approximate surface area is 113 Å². The van der Waals surface area contributed by atoms with Gasteiger partial charge in [0.05, 0.1) is 13.0 Å². The fourth-order valence-corrected chi connectivity index (χ4v) is 3.49. The third kappa shape index (κ3) is 1.75. The summed E-state index contributed by atoms with van der Waals surface area (Å²) in [5, 5.41) is 0. The number of methoxy groups -OCH3 is 1. The molecular weight excluding hydrogens is 240 g/mol. The molecule has 1 aliphatic heterocycles. The summed E-state index contributed by atoms with van der Waals surface area (Å²) >= 11 is 0. The number of hydrogen-bond acceptors (Lipinski definition) is 3. The predicted molar refractivity (Wildman–Crippen MR) is 72.5 cm³/mol. The van der Waals surface area contributed by atoms with Gasteiger partial charge in [0.15, 0.2) is 0 Å². The van der Waals surface area contributed by atoms with E-state index in [0.717, 1.165) is 17.7 Å². The first-order valence-electron chi connectivity index (χ1n) is 6.91. The second kappa shape index (κ2) is 4.26. The zero-order chi connectivity index (χ0) is 13.7. The number of rotatable bonds is 1. The lowest BCUT2D eigenvalue weighted by molar-refractivity contribution is -0.163. The highest BCUT2D eigenvalue weighted by Crippen LogP contribution is 2.48. The second-order valence-electron chi connectivity index (χ2n) is 5.85. The summed E-state index contributed by atoms with van der Waals surface area (Å²) in [5.41, 5.74) is 3.73. The molecule has 3 heteroatoms. The van der Waals surface area contributed by atoms with Crippen molar-refractivity contribution in [2.45, 2.75) is 45.1 Å². The van der Waals surface area contributed by atoms with Crippen LogP contribution in [0.1, 0.15) is 48.8 Å². The number of esters is 1. The van der Waals surface area contributed by atoms with Crippen molar-refractivity contribution in [2.75, 3.05) is 7.11 Å². The van der Waals surface area contributed by atoms with Crippen molar-refractivity contribution in [2.24, 2.45) is 5.92 Å². The van der Waals surface area contributed by atoms with E-state index in [1.807, 2.05) is 6.92 Å². The molecule has 2 aliphatic rings. The van der Waals surface area contributed by atoms with Crippen LogP contribution in [-0.2, 0) is 9.53 Å². The summed E-state index contributed by atoms with van der Waals surface area (Å²) < 4.78 is 11.0. The van der Waals surface area contributed by atoms with Crippen molar-refractivity contribution in [3.05, 3.63) is 28.8 Å². The van der Waals surface area contributed by atoms with Gasteiger partial charge in [-0.25, -0.2) is 0 Å². The Bertz CT molecular complexity index is 535. The van der Waals surface area contributed by atoms with Crippen molar-refractivity contribution in [1.82, 2.24) is 0 Å². The van der Waals surface area contributed by atoms with E-state index < -0.39 is 0 Å². The lowest BCUT2D eigenvalue weighted by Gasteiger charge is -2.43. The Balaban J connectivity index is 2.15. The van der Waals surface area contributed by atoms with E-state index in [0.29, 0.717) is 5.92 Å². The molecule has 0 N–H and O–H groups in total. The molecule has 0 saturated carbocycles. The Hall–Kier alpha value is -1.51. The molecule has 3 nitrogen and oxygen atoms in total. The van der Waals surface area contributed by atoms with E-state index in [9.17, 15) is 4.79 Å². The summed E-state index contributed by atoms with van der Waals surface area (Å²) in [6.07, 6.45) is 0.973. The molecule has 3 rings (SSSR count). The molecule has 1 heterocycles. The Morgan fingerprint density at radius 2 is 1.95 bits per heavy atom. The molecule has 1 fully saturated rings. The molecule has 1 saturated heterocycles. The summed E-state index contributed by atoms with van der Waals surface area (Å²) in [6, 6.07) is 4.32. The van der Waals surface area contributed by atoms with E-state index in [1.165, 1.54) is 11.1 Å². The Morgan fingerprint density at radius 3 is 2.63 bits per heavy atom. The minimum Gasteiger partial charge on any atom is -0.496 e. The quantitative estimate of drug-likeness (QED) is 0.728. The molecule has 1 aromatic carbocycles. The van der Waals surface area contributed by atoms with Crippen LogP contribution in [-0.4, -0.2) is 19.2 Å². The molecule has 0 amide bonds. The third-order valence-electron chi connectivity index (χ3n) is 4.78. The molecule has 0 aromatic heterocycles. The molecule has 0 radical (unpaired) electrons. The van der Waals surface area contributed by atoms with Crippen LogP contribution in [0.5, 0.6) is 5.75 Å². The second-order valence-corrected chi connectivity index (χ2v) is 5.85. The standard InChI is InChI=1S/C16H20O3/c1-8-5-13-11(6-14(8)18-4)9(2)15-7-12(13)10(3)16(17)19-15/h5-6,9-10,12,15H,7H2,1-4H3/t9-,10+,12+,15+/m1/s1. The number of fused-ring (bicyclic) bond motifs is 4. The highest BCUT2D eigenvalue weighted by atomic mass is 16.5. The minimum atomic E-state index is -0.0489. The summed E-state index contributed by atoms with van der Waals surface area (Å²) in [5.74, 6) is 1.37. The maximum Gasteiger partial charge on any atom is 0.309 e. The molecule has 0 unspecified atom stereocenters. The van der Waals surface area contributed by atoms with Crippen LogP contribution in [0.4, 0.5) is 0 Å². The van der Waals surface area contributed by atoms with E-state index in [1.54, 1.807) is 7.11 Å². The van der Waals surface area contributed by atoms with Crippen LogP contribution < -0.4 is 4.74 Å². The fourth-order valence-electron chi connectivity index (χ4n) is 3.49. The smallest absolute Gasteiger partial charge is 0.309 e. The topological polar surface area (TPSA) is 35.5 Å². The maximum absolute atomic E-state index is 11.9. The average Bonchev–Trinajstić information content (AvgIpc) is 2.40. The molecule has 1 aliphatic carbocycles. The van der Waals surface area contributed by atoms with Crippen LogP contribution in [0.3, 0.4) is 0 Å². The summed E-state index contributed by atoms with van der Waals surface area (Å²) in [4.78, 5) is 11.9. The van der Waals surface area contributed by atoms with Gasteiger partial charge in [0.1, 0.15) is 11.9 Å². The monoisotopic (exact) mass is 260 g/mol. The molecular formula is C16H20O3. The maximum atomic E-state index is 11.9. The Morgan fingerprint density at radius 1 is 1.21 bits per heavy atom. The molecule has 0 spiro atoms. The van der Waals surface area contributed by atoms with Crippen LogP contribution >= 0.6 is 0 Å². The largest absolute Gasteiger partial charge is 0.496 e. The van der Waals surface area contributed by atoms with Gasteiger partial charge in [0.2, 0.25) is 0 Å². The summed E-state index contributed by atoms with van der Waals surface area (Å²) in [7, 11) is 1.70. The van der Waals surface area contributed by atoms with Gasteiger partial charge in [-0.05, 0) is 36.1 Å². The van der Waals surface area contributed by atoms with Crippen LogP contribution in [0.25, 0.3) is 0 Å². The number of carbonyl (C=O) groups is 1. The number of benzene rings is 1. The van der Waals surface area contributed by atoms with Crippen molar-refractivity contribution >= 4 is 5.97 Å². The first-order valence-corrected chi connectivity index (χ1v) is 6.91. The zero-order valence-electron chi connectivity index (χ0n) is 11.9. The summed E-state index contributed by atoms with van der Waals surface area (Å²) in [6.45, 7) is 6.17. The van der Waals surface area contributed by atoms with E-state index >= 15 is 0 Å². The van der Waals surface area contributed by atoms with Crippen molar-refractivity contribution in [3.63, 3.8) is 0 Å². The van der Waals surface area contributed by atoms with Gasteiger partial charge in [-0.1, -0.05) is 19.9 Å². The predicted octanol–water partition coefficient (Wildman–Crippen LogP) is 3.16. The molecule has 2 bridgehead atoms. The van der Waals surface area contributed by atoms with E-state index in [2.05, 4.69) is 26.0 Å². The normalized spacial score (nSPS) is 32.5. The van der Waals surface area contributed by atoms with Crippen LogP contribution in [0.2, 0.25) is 0 Å². The van der Waals surface area contributed by atoms with Crippen molar-refractivity contribution in [3.8, 4) is 5.75 Å². The number of ether oxygens (including phenoxy) is 2. The first-order chi connectivity index (χ1) is 9.02. The SMILES string of the molecule is COc1cc2c(cc1C)[C@H]1C[C@H](OC(=O)[C@H]1C)[C@@H]2C. The van der Waals surface area contributed by atoms with E-state index in [-0.39, 0.29) is 23.9 Å². The van der Waals surface area contributed by atoms with E-state index in [4.69, 9.17) is 9.47 Å². The first kappa shape index (κ1) is 12.5. The zero-order valence-corrected chi connectivity index (χ0v) is 11.9. The lowest BCUT2D eigenvalue weighted by atomic mass is 9.69. The molecule has 4 atom stereocenters. The highest BCUT2D eigenvalue weighted by molar-refractivity contribution is 5.75. The lowest BCUT2D eigenvalue weighted by Crippen LogP contribution is -2.41. The number of aryl methyl sites for hydroxylation is 1. The fraction of sp³-hybridized carbons (Fsp3) is 0.562. The third-order valence-corrected chi connectivity index (χ3v) is 4.78. The van der Waals surface area contributed by atoms with Crippen LogP contribution in [0.15, 0.2) is 12.1 Å².